The maximum atomic E-state index is 2.46. The SMILES string of the molecule is c1cc2c3c(c1)c1cc4c(cc1n1cc[n+](c31)C2)CCC4. The molecule has 21 heavy (non-hydrogen) atoms. The van der Waals surface area contributed by atoms with Gasteiger partial charge in [-0.15, -0.1) is 0 Å². The lowest BCUT2D eigenvalue weighted by Gasteiger charge is -2.06. The van der Waals surface area contributed by atoms with Crippen LogP contribution in [0.15, 0.2) is 42.7 Å². The molecule has 3 heterocycles. The number of imidazole rings is 1. The van der Waals surface area contributed by atoms with Crippen LogP contribution in [-0.2, 0) is 19.4 Å². The standard InChI is InChI=1S/C19H15N2/c1-3-12-9-16-15-6-2-5-14-11-20-7-8-21(19(20)18(14)15)17(16)10-13(12)4-1/h2,5-10H,1,3-4,11H2/q+1. The van der Waals surface area contributed by atoms with E-state index in [2.05, 4.69) is 51.7 Å². The minimum Gasteiger partial charge on any atom is -0.225 e. The molecule has 1 aliphatic carbocycles. The van der Waals surface area contributed by atoms with Gasteiger partial charge in [0.05, 0.1) is 5.39 Å². The second-order valence-electron chi connectivity index (χ2n) is 6.45. The minimum absolute atomic E-state index is 1.01. The third-order valence-electron chi connectivity index (χ3n) is 5.37. The molecule has 2 aromatic heterocycles. The van der Waals surface area contributed by atoms with Gasteiger partial charge in [-0.1, -0.05) is 18.2 Å². The molecule has 2 heteroatoms. The fourth-order valence-electron chi connectivity index (χ4n) is 4.44. The Kier molecular flexibility index (Phi) is 1.62. The van der Waals surface area contributed by atoms with E-state index in [9.17, 15) is 0 Å². The summed E-state index contributed by atoms with van der Waals surface area (Å²) < 4.78 is 4.77. The monoisotopic (exact) mass is 271 g/mol. The smallest absolute Gasteiger partial charge is 0.225 e. The van der Waals surface area contributed by atoms with E-state index >= 15 is 0 Å². The number of hydrogen-bond acceptors (Lipinski definition) is 0. The van der Waals surface area contributed by atoms with Crippen molar-refractivity contribution in [3.63, 3.8) is 0 Å². The maximum Gasteiger partial charge on any atom is 0.295 e. The Hall–Kier alpha value is -2.35. The van der Waals surface area contributed by atoms with E-state index in [0.717, 1.165) is 6.54 Å². The predicted molar refractivity (Wildman–Crippen MR) is 83.7 cm³/mol. The van der Waals surface area contributed by atoms with Crippen molar-refractivity contribution < 1.29 is 4.57 Å². The van der Waals surface area contributed by atoms with Gasteiger partial charge in [0, 0.05) is 16.3 Å². The van der Waals surface area contributed by atoms with Crippen LogP contribution in [0.25, 0.3) is 27.3 Å². The van der Waals surface area contributed by atoms with Gasteiger partial charge in [-0.25, -0.2) is 4.57 Å². The summed E-state index contributed by atoms with van der Waals surface area (Å²) in [4.78, 5) is 0. The van der Waals surface area contributed by atoms with Gasteiger partial charge in [-0.05, 0) is 42.5 Å². The fraction of sp³-hybridized carbons (Fsp3) is 0.211. The number of hydrogen-bond donors (Lipinski definition) is 0. The lowest BCUT2D eigenvalue weighted by molar-refractivity contribution is -0.657. The number of benzene rings is 2. The van der Waals surface area contributed by atoms with Crippen LogP contribution in [0.2, 0.25) is 0 Å². The van der Waals surface area contributed by atoms with Gasteiger partial charge in [0.2, 0.25) is 0 Å². The van der Waals surface area contributed by atoms with E-state index < -0.39 is 0 Å². The van der Waals surface area contributed by atoms with Gasteiger partial charge in [0.25, 0.3) is 5.65 Å². The molecular weight excluding hydrogens is 256 g/mol. The zero-order valence-corrected chi connectivity index (χ0v) is 11.8. The number of aryl methyl sites for hydroxylation is 2. The molecule has 0 fully saturated rings. The van der Waals surface area contributed by atoms with Crippen molar-refractivity contribution in [1.29, 1.82) is 0 Å². The summed E-state index contributed by atoms with van der Waals surface area (Å²) in [6.45, 7) is 1.01. The molecule has 0 saturated heterocycles. The molecule has 0 saturated carbocycles. The van der Waals surface area contributed by atoms with Crippen molar-refractivity contribution in [1.82, 2.24) is 4.40 Å². The van der Waals surface area contributed by atoms with E-state index in [1.807, 2.05) is 0 Å². The van der Waals surface area contributed by atoms with Crippen molar-refractivity contribution in [3.05, 3.63) is 59.4 Å². The first-order chi connectivity index (χ1) is 10.4. The van der Waals surface area contributed by atoms with Gasteiger partial charge in [0.15, 0.2) is 0 Å². The Morgan fingerprint density at radius 1 is 0.952 bits per heavy atom. The summed E-state index contributed by atoms with van der Waals surface area (Å²) in [6.07, 6.45) is 8.25. The number of nitrogens with zero attached hydrogens (tertiary/aromatic N) is 2. The summed E-state index contributed by atoms with van der Waals surface area (Å²) in [5.41, 5.74) is 7.32. The zero-order valence-electron chi connectivity index (χ0n) is 11.8. The van der Waals surface area contributed by atoms with Crippen LogP contribution >= 0.6 is 0 Å². The molecule has 0 radical (unpaired) electrons. The molecule has 0 bridgehead atoms. The highest BCUT2D eigenvalue weighted by molar-refractivity contribution is 6.13. The zero-order chi connectivity index (χ0) is 13.6. The molecule has 6 rings (SSSR count). The third-order valence-corrected chi connectivity index (χ3v) is 5.37. The van der Waals surface area contributed by atoms with Crippen molar-refractivity contribution in [2.75, 3.05) is 0 Å². The predicted octanol–water partition coefficient (Wildman–Crippen LogP) is 3.38. The summed E-state index contributed by atoms with van der Waals surface area (Å²) in [5, 5.41) is 4.30. The topological polar surface area (TPSA) is 8.29 Å². The van der Waals surface area contributed by atoms with Crippen LogP contribution < -0.4 is 4.57 Å². The second kappa shape index (κ2) is 3.28. The molecule has 0 amide bonds. The molecule has 0 unspecified atom stereocenters. The van der Waals surface area contributed by atoms with Crippen LogP contribution in [-0.4, -0.2) is 4.40 Å². The first-order valence-electron chi connectivity index (χ1n) is 7.80. The molecular formula is C19H15N2+. The Labute approximate surface area is 122 Å². The molecule has 2 nitrogen and oxygen atoms in total. The first-order valence-corrected chi connectivity index (χ1v) is 7.80. The van der Waals surface area contributed by atoms with Gasteiger partial charge in [-0.3, -0.25) is 0 Å². The van der Waals surface area contributed by atoms with Gasteiger partial charge in [0.1, 0.15) is 24.5 Å². The summed E-state index contributed by atoms with van der Waals surface area (Å²) in [5.74, 6) is 0. The highest BCUT2D eigenvalue weighted by atomic mass is 15.1. The van der Waals surface area contributed by atoms with Crippen LogP contribution in [0, 0.1) is 0 Å². The first kappa shape index (κ1) is 10.4. The van der Waals surface area contributed by atoms with E-state index in [4.69, 9.17) is 0 Å². The van der Waals surface area contributed by atoms with E-state index in [-0.39, 0.29) is 0 Å². The average molecular weight is 271 g/mol. The number of rotatable bonds is 0. The summed E-state index contributed by atoms with van der Waals surface area (Å²) in [6, 6.07) is 11.7. The molecule has 2 aliphatic rings. The second-order valence-corrected chi connectivity index (χ2v) is 6.45. The summed E-state index contributed by atoms with van der Waals surface area (Å²) >= 11 is 0. The lowest BCUT2D eigenvalue weighted by Crippen LogP contribution is -2.28. The molecule has 0 N–H and O–H groups in total. The van der Waals surface area contributed by atoms with Crippen LogP contribution in [0.1, 0.15) is 23.1 Å². The molecule has 0 atom stereocenters. The van der Waals surface area contributed by atoms with Gasteiger partial charge < -0.3 is 0 Å². The normalized spacial score (nSPS) is 15.8. The highest BCUT2D eigenvalue weighted by Gasteiger charge is 2.27. The lowest BCUT2D eigenvalue weighted by atomic mass is 9.99. The van der Waals surface area contributed by atoms with Crippen LogP contribution in [0.4, 0.5) is 0 Å². The van der Waals surface area contributed by atoms with Crippen molar-refractivity contribution in [2.24, 2.45) is 0 Å². The van der Waals surface area contributed by atoms with Gasteiger partial charge >= 0.3 is 0 Å². The maximum absolute atomic E-state index is 2.46. The average Bonchev–Trinajstić information content (AvgIpc) is 3.19. The van der Waals surface area contributed by atoms with Crippen molar-refractivity contribution in [3.8, 4) is 0 Å². The Morgan fingerprint density at radius 3 is 2.81 bits per heavy atom. The van der Waals surface area contributed by atoms with E-state index in [1.54, 1.807) is 11.1 Å². The van der Waals surface area contributed by atoms with E-state index in [0.29, 0.717) is 0 Å². The number of aromatic nitrogens is 2. The van der Waals surface area contributed by atoms with Crippen molar-refractivity contribution in [2.45, 2.75) is 25.8 Å². The highest BCUT2D eigenvalue weighted by Crippen LogP contribution is 2.36. The largest absolute Gasteiger partial charge is 0.295 e. The summed E-state index contributed by atoms with van der Waals surface area (Å²) in [7, 11) is 0. The van der Waals surface area contributed by atoms with Crippen molar-refractivity contribution >= 4 is 27.3 Å². The van der Waals surface area contributed by atoms with Gasteiger partial charge in [-0.2, -0.15) is 4.40 Å². The van der Waals surface area contributed by atoms with Crippen LogP contribution in [0.3, 0.4) is 0 Å². The van der Waals surface area contributed by atoms with E-state index in [1.165, 1.54) is 52.1 Å². The Morgan fingerprint density at radius 2 is 1.86 bits per heavy atom. The third kappa shape index (κ3) is 1.10. The molecule has 100 valence electrons. The molecule has 0 spiro atoms. The van der Waals surface area contributed by atoms with Crippen LogP contribution in [0.5, 0.6) is 0 Å². The Bertz CT molecular complexity index is 1090. The molecule has 1 aliphatic heterocycles. The number of pyridine rings is 1. The fourth-order valence-corrected chi connectivity index (χ4v) is 4.44. The minimum atomic E-state index is 1.01. The Balaban J connectivity index is 1.99. The molecule has 2 aromatic carbocycles. The quantitative estimate of drug-likeness (QED) is 0.301. The molecule has 4 aromatic rings. The number of fused-ring (bicyclic) bond motifs is 4.